The third kappa shape index (κ3) is 2.29. The summed E-state index contributed by atoms with van der Waals surface area (Å²) in [7, 11) is 0. The van der Waals surface area contributed by atoms with E-state index < -0.39 is 23.6 Å². The Morgan fingerprint density at radius 3 is 3.00 bits per heavy atom. The molecule has 0 unspecified atom stereocenters. The molecule has 2 rings (SSSR count). The molecule has 8 heteroatoms. The number of hydrogen-bond donors (Lipinski definition) is 3. The predicted molar refractivity (Wildman–Crippen MR) is 60.7 cm³/mol. The molecule has 0 radical (unpaired) electrons. The standard InChI is InChI=1S/C9H12N2O5S/c12-3-5-4-15-8(7(5)16-17)11-2-1-6(13)10-9(11)14/h1-2,5,7-8,12,17H,3-4H2,(H,10,13,14)/t5-,7+,8+/m0/s1. The Labute approximate surface area is 102 Å². The first kappa shape index (κ1) is 12.4. The van der Waals surface area contributed by atoms with Crippen LogP contribution in [0.15, 0.2) is 21.9 Å². The molecule has 1 aromatic heterocycles. The molecule has 1 saturated heterocycles. The second kappa shape index (κ2) is 5.05. The van der Waals surface area contributed by atoms with Crippen LogP contribution in [-0.4, -0.2) is 34.0 Å². The maximum absolute atomic E-state index is 11.6. The van der Waals surface area contributed by atoms with Gasteiger partial charge in [-0.25, -0.2) is 4.79 Å². The average molecular weight is 260 g/mol. The molecule has 0 amide bonds. The Kier molecular flexibility index (Phi) is 3.67. The fourth-order valence-corrected chi connectivity index (χ4v) is 2.08. The molecule has 2 heterocycles. The molecule has 0 aliphatic carbocycles. The molecular formula is C9H12N2O5S. The topological polar surface area (TPSA) is 93.5 Å². The van der Waals surface area contributed by atoms with Gasteiger partial charge in [0, 0.05) is 18.2 Å². The number of aliphatic hydroxyl groups excluding tert-OH is 1. The van der Waals surface area contributed by atoms with Crippen LogP contribution in [-0.2, 0) is 8.92 Å². The zero-order valence-electron chi connectivity index (χ0n) is 8.78. The van der Waals surface area contributed by atoms with Crippen molar-refractivity contribution in [3.8, 4) is 0 Å². The van der Waals surface area contributed by atoms with Crippen LogP contribution in [0.5, 0.6) is 0 Å². The van der Waals surface area contributed by atoms with Crippen LogP contribution < -0.4 is 11.2 Å². The van der Waals surface area contributed by atoms with Gasteiger partial charge in [0.15, 0.2) is 6.23 Å². The van der Waals surface area contributed by atoms with Crippen molar-refractivity contribution >= 4 is 12.9 Å². The van der Waals surface area contributed by atoms with Crippen molar-refractivity contribution in [1.82, 2.24) is 9.55 Å². The molecule has 1 aliphatic heterocycles. The van der Waals surface area contributed by atoms with Crippen molar-refractivity contribution in [1.29, 1.82) is 0 Å². The van der Waals surface area contributed by atoms with Gasteiger partial charge in [0.2, 0.25) is 0 Å². The average Bonchev–Trinajstić information content (AvgIpc) is 2.71. The molecule has 94 valence electrons. The molecular weight excluding hydrogens is 248 g/mol. The lowest BCUT2D eigenvalue weighted by molar-refractivity contribution is 0.00355. The number of thiol groups is 1. The van der Waals surface area contributed by atoms with E-state index in [1.807, 2.05) is 0 Å². The van der Waals surface area contributed by atoms with Crippen molar-refractivity contribution in [3.05, 3.63) is 33.1 Å². The summed E-state index contributed by atoms with van der Waals surface area (Å²) in [5.74, 6) is -0.253. The van der Waals surface area contributed by atoms with E-state index in [1.165, 1.54) is 16.8 Å². The monoisotopic (exact) mass is 260 g/mol. The minimum atomic E-state index is -0.700. The van der Waals surface area contributed by atoms with Crippen molar-refractivity contribution in [2.45, 2.75) is 12.3 Å². The Bertz CT molecular complexity index is 499. The number of rotatable bonds is 3. The molecule has 2 N–H and O–H groups in total. The van der Waals surface area contributed by atoms with Gasteiger partial charge in [-0.05, 0) is 12.9 Å². The summed E-state index contributed by atoms with van der Waals surface area (Å²) in [6.45, 7) is 0.137. The fourth-order valence-electron chi connectivity index (χ4n) is 1.81. The molecule has 3 atom stereocenters. The van der Waals surface area contributed by atoms with Crippen molar-refractivity contribution in [3.63, 3.8) is 0 Å². The largest absolute Gasteiger partial charge is 0.396 e. The van der Waals surface area contributed by atoms with Crippen molar-refractivity contribution in [2.24, 2.45) is 5.92 Å². The molecule has 1 aliphatic rings. The van der Waals surface area contributed by atoms with Crippen LogP contribution >= 0.6 is 12.9 Å². The SMILES string of the molecule is O=c1ccn([C@@H]2OC[C@H](CO)[C@H]2OS)c(=O)[nH]1. The lowest BCUT2D eigenvalue weighted by Gasteiger charge is -2.20. The minimum absolute atomic E-state index is 0.125. The number of aromatic nitrogens is 2. The van der Waals surface area contributed by atoms with Gasteiger partial charge in [-0.3, -0.25) is 14.3 Å². The van der Waals surface area contributed by atoms with E-state index in [-0.39, 0.29) is 19.1 Å². The summed E-state index contributed by atoms with van der Waals surface area (Å²) in [5.41, 5.74) is -1.07. The first-order valence-corrected chi connectivity index (χ1v) is 5.38. The molecule has 0 spiro atoms. The highest BCUT2D eigenvalue weighted by atomic mass is 32.1. The van der Waals surface area contributed by atoms with Gasteiger partial charge in [0.05, 0.1) is 13.2 Å². The zero-order chi connectivity index (χ0) is 12.4. The van der Waals surface area contributed by atoms with E-state index in [1.54, 1.807) is 0 Å². The number of nitrogens with zero attached hydrogens (tertiary/aromatic N) is 1. The van der Waals surface area contributed by atoms with E-state index in [0.29, 0.717) is 0 Å². The fraction of sp³-hybridized carbons (Fsp3) is 0.556. The number of hydrogen-bond acceptors (Lipinski definition) is 6. The maximum atomic E-state index is 11.6. The van der Waals surface area contributed by atoms with Crippen LogP contribution in [0.3, 0.4) is 0 Å². The van der Waals surface area contributed by atoms with E-state index in [9.17, 15) is 9.59 Å². The Morgan fingerprint density at radius 1 is 1.65 bits per heavy atom. The highest BCUT2D eigenvalue weighted by Gasteiger charge is 2.39. The Hall–Kier alpha value is -1.09. The lowest BCUT2D eigenvalue weighted by Crippen LogP contribution is -2.36. The number of ether oxygens (including phenoxy) is 1. The first-order valence-electron chi connectivity index (χ1n) is 5.01. The third-order valence-electron chi connectivity index (χ3n) is 2.71. The second-order valence-corrected chi connectivity index (χ2v) is 3.96. The number of H-pyrrole nitrogens is 1. The lowest BCUT2D eigenvalue weighted by atomic mass is 10.1. The van der Waals surface area contributed by atoms with E-state index in [4.69, 9.17) is 14.0 Å². The molecule has 0 bridgehead atoms. The van der Waals surface area contributed by atoms with E-state index in [2.05, 4.69) is 17.9 Å². The Balaban J connectivity index is 2.34. The highest BCUT2D eigenvalue weighted by Crippen LogP contribution is 2.30. The molecule has 7 nitrogen and oxygen atoms in total. The highest BCUT2D eigenvalue weighted by molar-refractivity contribution is 7.75. The number of aliphatic hydroxyl groups is 1. The molecule has 0 saturated carbocycles. The molecule has 17 heavy (non-hydrogen) atoms. The quantitative estimate of drug-likeness (QED) is 0.474. The molecule has 1 aromatic rings. The van der Waals surface area contributed by atoms with Gasteiger partial charge in [-0.2, -0.15) is 0 Å². The minimum Gasteiger partial charge on any atom is -0.396 e. The van der Waals surface area contributed by atoms with Crippen LogP contribution in [0, 0.1) is 5.92 Å². The van der Waals surface area contributed by atoms with E-state index in [0.717, 1.165) is 0 Å². The van der Waals surface area contributed by atoms with Gasteiger partial charge in [-0.15, -0.1) is 0 Å². The number of nitrogens with one attached hydrogen (secondary N) is 1. The number of aromatic amines is 1. The van der Waals surface area contributed by atoms with Crippen LogP contribution in [0.4, 0.5) is 0 Å². The molecule has 0 aromatic carbocycles. The smallest absolute Gasteiger partial charge is 0.330 e. The van der Waals surface area contributed by atoms with Crippen LogP contribution in [0.1, 0.15) is 6.23 Å². The predicted octanol–water partition coefficient (Wildman–Crippen LogP) is -1.10. The summed E-state index contributed by atoms with van der Waals surface area (Å²) in [6.07, 6.45) is 0.0757. The van der Waals surface area contributed by atoms with Crippen molar-refractivity contribution < 1.29 is 14.0 Å². The summed E-state index contributed by atoms with van der Waals surface area (Å²) in [6, 6.07) is 1.21. The first-order chi connectivity index (χ1) is 8.17. The van der Waals surface area contributed by atoms with Gasteiger partial charge in [0.25, 0.3) is 5.56 Å². The second-order valence-electron chi connectivity index (χ2n) is 3.75. The van der Waals surface area contributed by atoms with Gasteiger partial charge >= 0.3 is 5.69 Å². The maximum Gasteiger partial charge on any atom is 0.330 e. The van der Waals surface area contributed by atoms with Gasteiger partial charge in [-0.1, -0.05) is 0 Å². The summed E-state index contributed by atoms with van der Waals surface area (Å²) < 4.78 is 11.5. The third-order valence-corrected chi connectivity index (χ3v) is 2.95. The van der Waals surface area contributed by atoms with Gasteiger partial charge < -0.3 is 14.0 Å². The summed E-state index contributed by atoms with van der Waals surface area (Å²) in [4.78, 5) is 24.6. The zero-order valence-corrected chi connectivity index (χ0v) is 9.67. The Morgan fingerprint density at radius 2 is 2.41 bits per heavy atom. The summed E-state index contributed by atoms with van der Waals surface area (Å²) in [5, 5.41) is 9.11. The van der Waals surface area contributed by atoms with Crippen LogP contribution in [0.25, 0.3) is 0 Å². The van der Waals surface area contributed by atoms with Crippen molar-refractivity contribution in [2.75, 3.05) is 13.2 Å². The van der Waals surface area contributed by atoms with E-state index >= 15 is 0 Å². The normalized spacial score (nSPS) is 28.5. The van der Waals surface area contributed by atoms with Crippen LogP contribution in [0.2, 0.25) is 0 Å². The van der Waals surface area contributed by atoms with Gasteiger partial charge in [0.1, 0.15) is 6.10 Å². The molecule has 1 fully saturated rings. The summed E-state index contributed by atoms with van der Waals surface area (Å²) >= 11 is 3.71.